The van der Waals surface area contributed by atoms with Crippen molar-refractivity contribution >= 4 is 88.7 Å². The Bertz CT molecular complexity index is 46.5. The van der Waals surface area contributed by atoms with Gasteiger partial charge < -0.3 is 5.11 Å². The van der Waals surface area contributed by atoms with Crippen molar-refractivity contribution in [2.75, 3.05) is 0 Å². The number of hydrogen-bond acceptors (Lipinski definition) is 1. The molecular weight excluding hydrogens is 133 g/mol. The molecule has 36 valence electrons. The molecule has 1 nitrogen and oxygen atoms in total. The summed E-state index contributed by atoms with van der Waals surface area (Å²) in [5, 5.41) is 8.17. The molecule has 0 bridgehead atoms. The van der Waals surface area contributed by atoms with Gasteiger partial charge in [-0.05, 0) is 0 Å². The van der Waals surface area contributed by atoms with Crippen LogP contribution in [0.5, 0.6) is 0 Å². The van der Waals surface area contributed by atoms with Crippen LogP contribution in [0.4, 0.5) is 0 Å². The first-order valence-corrected chi connectivity index (χ1v) is 1.64. The molecule has 0 fully saturated rings. The molecule has 0 rings (SSSR count). The van der Waals surface area contributed by atoms with Gasteiger partial charge in [-0.2, -0.15) is 0 Å². The van der Waals surface area contributed by atoms with Gasteiger partial charge >= 0.3 is 88.7 Å². The Kier molecular flexibility index (Phi) is 45.6. The van der Waals surface area contributed by atoms with Gasteiger partial charge in [0.25, 0.3) is 0 Å². The van der Waals surface area contributed by atoms with Crippen LogP contribution in [0.25, 0.3) is 0 Å². The van der Waals surface area contributed by atoms with Gasteiger partial charge in [-0.15, -0.1) is 0 Å². The van der Waals surface area contributed by atoms with Crippen molar-refractivity contribution in [2.45, 2.75) is 13.3 Å². The van der Waals surface area contributed by atoms with Crippen LogP contribution >= 0.6 is 0 Å². The van der Waals surface area contributed by atoms with Crippen molar-refractivity contribution in [2.24, 2.45) is 0 Å². The first-order valence-electron chi connectivity index (χ1n) is 1.64. The molecule has 1 N–H and O–H groups in total. The Morgan fingerprint density at radius 3 is 1.50 bits per heavy atom. The van der Waals surface area contributed by atoms with Gasteiger partial charge in [0.05, 0.1) is 5.76 Å². The van der Waals surface area contributed by atoms with E-state index in [2.05, 4.69) is 6.58 Å². The average Bonchev–Trinajstić information content (AvgIpc) is 1.38. The van der Waals surface area contributed by atoms with E-state index >= 15 is 0 Å². The van der Waals surface area contributed by atoms with Gasteiger partial charge in [-0.25, -0.2) is 0 Å². The predicted octanol–water partition coefficient (Wildman–Crippen LogP) is -0.477. The zero-order valence-electron chi connectivity index (χ0n) is 3.36. The second kappa shape index (κ2) is 16.3. The summed E-state index contributed by atoms with van der Waals surface area (Å²) in [6.45, 7) is 5.08. The summed E-state index contributed by atoms with van der Waals surface area (Å²) in [5.74, 6) is 0.255. The van der Waals surface area contributed by atoms with Crippen LogP contribution < -0.4 is 0 Å². The fourth-order valence-corrected chi connectivity index (χ4v) is 0. The number of aliphatic hydroxyl groups excluding tert-OH is 1. The summed E-state index contributed by atoms with van der Waals surface area (Å²) in [7, 11) is 0. The Balaban J connectivity index is -0.0000000267. The zero-order valence-corrected chi connectivity index (χ0v) is 3.36. The Labute approximate surface area is 117 Å². The molecule has 0 heterocycles. The number of allylic oxidation sites excluding steroid dienone is 1. The molecule has 0 radical (unpaired) electrons. The van der Waals surface area contributed by atoms with Gasteiger partial charge in [0.1, 0.15) is 0 Å². The Hall–Kier alpha value is 2.54. The maximum absolute atomic E-state index is 8.17. The van der Waals surface area contributed by atoms with E-state index in [1.54, 1.807) is 0 Å². The first-order chi connectivity index (χ1) is 2.27. The molecule has 0 amide bonds. The molecule has 0 aromatic heterocycles. The molecule has 0 spiro atoms. The van der Waals surface area contributed by atoms with Crippen molar-refractivity contribution in [1.29, 1.82) is 0 Å². The number of rotatable bonds is 1. The van der Waals surface area contributed by atoms with E-state index in [4.69, 9.17) is 5.11 Å². The summed E-state index contributed by atoms with van der Waals surface area (Å²) in [5.41, 5.74) is 0. The van der Waals surface area contributed by atoms with Crippen LogP contribution in [-0.2, 0) is 0 Å². The fourth-order valence-electron chi connectivity index (χ4n) is 0. The topological polar surface area (TPSA) is 20.2 Å². The van der Waals surface area contributed by atoms with Gasteiger partial charge in [0.15, 0.2) is 0 Å². The zero-order chi connectivity index (χ0) is 4.28. The van der Waals surface area contributed by atoms with E-state index in [0.29, 0.717) is 6.42 Å². The molecule has 0 unspecified atom stereocenters. The third-order valence-corrected chi connectivity index (χ3v) is 0.408. The van der Waals surface area contributed by atoms with Crippen LogP contribution in [0.1, 0.15) is 13.3 Å². The van der Waals surface area contributed by atoms with Crippen molar-refractivity contribution in [1.82, 2.24) is 0 Å². The van der Waals surface area contributed by atoms with Crippen LogP contribution in [0.3, 0.4) is 0 Å². The molecule has 0 aliphatic heterocycles. The Morgan fingerprint density at radius 1 is 1.38 bits per heavy atom. The fraction of sp³-hybridized carbons (Fsp3) is 0.500. The summed E-state index contributed by atoms with van der Waals surface area (Å²) in [4.78, 5) is 0. The van der Waals surface area contributed by atoms with E-state index in [-0.39, 0.29) is 94.4 Å². The second-order valence-corrected chi connectivity index (χ2v) is 0.920. The van der Waals surface area contributed by atoms with E-state index in [1.165, 1.54) is 0 Å². The first kappa shape index (κ1) is 22.4. The standard InChI is InChI=1S/C4H8O.3Na.3H/c1-3-4(2)5;;;;;;/h5H,2-3H2,1H3;;;;;;. The van der Waals surface area contributed by atoms with E-state index in [0.717, 1.165) is 0 Å². The monoisotopic (exact) mass is 144 g/mol. The molecule has 0 aromatic rings. The van der Waals surface area contributed by atoms with Gasteiger partial charge in [-0.1, -0.05) is 13.5 Å². The van der Waals surface area contributed by atoms with E-state index < -0.39 is 0 Å². The predicted molar refractivity (Wildman–Crippen MR) is 43.5 cm³/mol. The quantitative estimate of drug-likeness (QED) is 0.389. The molecule has 8 heavy (non-hydrogen) atoms. The SMILES string of the molecule is C=C(O)CC.[NaH].[NaH].[NaH]. The number of aliphatic hydroxyl groups is 1. The molecule has 4 heteroatoms. The maximum atomic E-state index is 8.17. The summed E-state index contributed by atoms with van der Waals surface area (Å²) in [6, 6.07) is 0. The summed E-state index contributed by atoms with van der Waals surface area (Å²) in [6.07, 6.45) is 0.667. The molecule has 0 saturated carbocycles. The molecule has 0 atom stereocenters. The third kappa shape index (κ3) is 23.6. The van der Waals surface area contributed by atoms with Crippen molar-refractivity contribution < 1.29 is 5.11 Å². The molecular formula is C4H11Na3O. The van der Waals surface area contributed by atoms with Crippen LogP contribution in [0.2, 0.25) is 0 Å². The van der Waals surface area contributed by atoms with E-state index in [9.17, 15) is 0 Å². The minimum absolute atomic E-state index is 0. The van der Waals surface area contributed by atoms with Crippen molar-refractivity contribution in [3.05, 3.63) is 12.3 Å². The average molecular weight is 144 g/mol. The van der Waals surface area contributed by atoms with Crippen LogP contribution in [-0.4, -0.2) is 93.8 Å². The molecule has 0 aliphatic rings. The van der Waals surface area contributed by atoms with Gasteiger partial charge in [0.2, 0.25) is 0 Å². The normalized spacial score (nSPS) is 4.62. The van der Waals surface area contributed by atoms with Gasteiger partial charge in [-0.3, -0.25) is 0 Å². The molecule has 0 aromatic carbocycles. The van der Waals surface area contributed by atoms with Crippen molar-refractivity contribution in [3.63, 3.8) is 0 Å². The summed E-state index contributed by atoms with van der Waals surface area (Å²) >= 11 is 0. The van der Waals surface area contributed by atoms with Gasteiger partial charge in [0, 0.05) is 6.42 Å². The second-order valence-electron chi connectivity index (χ2n) is 0.920. The molecule has 0 aliphatic carbocycles. The third-order valence-electron chi connectivity index (χ3n) is 0.408. The van der Waals surface area contributed by atoms with Crippen LogP contribution in [0.15, 0.2) is 12.3 Å². The molecule has 0 saturated heterocycles. The van der Waals surface area contributed by atoms with Crippen molar-refractivity contribution in [3.8, 4) is 0 Å². The minimum atomic E-state index is 0. The van der Waals surface area contributed by atoms with Crippen LogP contribution in [0, 0.1) is 0 Å². The Morgan fingerprint density at radius 2 is 1.50 bits per heavy atom. The summed E-state index contributed by atoms with van der Waals surface area (Å²) < 4.78 is 0. The van der Waals surface area contributed by atoms with E-state index in [1.807, 2.05) is 6.92 Å². The number of hydrogen-bond donors (Lipinski definition) is 1.